The molecule has 6 nitrogen and oxygen atoms in total. The van der Waals surface area contributed by atoms with Crippen molar-refractivity contribution in [3.63, 3.8) is 0 Å². The van der Waals surface area contributed by atoms with Crippen LogP contribution in [0.25, 0.3) is 0 Å². The summed E-state index contributed by atoms with van der Waals surface area (Å²) in [6.45, 7) is 0.158. The Balaban J connectivity index is 1.65. The van der Waals surface area contributed by atoms with E-state index in [0.29, 0.717) is 18.0 Å². The van der Waals surface area contributed by atoms with Gasteiger partial charge in [-0.25, -0.2) is 0 Å². The molecule has 0 heterocycles. The Hall–Kier alpha value is -2.54. The molecule has 3 rings (SSSR count). The van der Waals surface area contributed by atoms with Crippen molar-refractivity contribution in [2.24, 2.45) is 5.73 Å². The number of benzene rings is 2. The molecule has 2 aromatic rings. The lowest BCUT2D eigenvalue weighted by molar-refractivity contribution is -0.123. The van der Waals surface area contributed by atoms with Gasteiger partial charge < -0.3 is 20.5 Å². The molecule has 0 unspecified atom stereocenters. The van der Waals surface area contributed by atoms with Crippen LogP contribution in [0.15, 0.2) is 46.9 Å². The quantitative estimate of drug-likeness (QED) is 0.670. The monoisotopic (exact) mass is 432 g/mol. The van der Waals surface area contributed by atoms with Crippen LogP contribution in [0.1, 0.15) is 24.0 Å². The Kier molecular flexibility index (Phi) is 5.70. The zero-order chi connectivity index (χ0) is 19.4. The molecule has 142 valence electrons. The Morgan fingerprint density at radius 1 is 1.15 bits per heavy atom. The number of nitrogens with one attached hydrogen (secondary N) is 1. The first-order valence-electron chi connectivity index (χ1n) is 8.57. The SMILES string of the molecule is COc1cc(CNC(=O)C2(c3ccc(Br)cc3)CC2)ccc1OCC(N)=O. The zero-order valence-corrected chi connectivity index (χ0v) is 16.5. The van der Waals surface area contributed by atoms with E-state index in [4.69, 9.17) is 15.2 Å². The molecule has 2 aromatic carbocycles. The van der Waals surface area contributed by atoms with Gasteiger partial charge in [0, 0.05) is 11.0 Å². The highest BCUT2D eigenvalue weighted by molar-refractivity contribution is 9.10. The molecule has 7 heteroatoms. The van der Waals surface area contributed by atoms with Gasteiger partial charge >= 0.3 is 0 Å². The fraction of sp³-hybridized carbons (Fsp3) is 0.300. The number of methoxy groups -OCH3 is 1. The second kappa shape index (κ2) is 8.00. The van der Waals surface area contributed by atoms with Gasteiger partial charge in [-0.15, -0.1) is 0 Å². The molecule has 0 aromatic heterocycles. The summed E-state index contributed by atoms with van der Waals surface area (Å²) in [6, 6.07) is 13.2. The minimum absolute atomic E-state index is 0.0258. The van der Waals surface area contributed by atoms with Crippen LogP contribution in [-0.2, 0) is 21.5 Å². The van der Waals surface area contributed by atoms with E-state index >= 15 is 0 Å². The number of halogens is 1. The number of primary amides is 1. The van der Waals surface area contributed by atoms with Crippen molar-refractivity contribution >= 4 is 27.7 Å². The summed E-state index contributed by atoms with van der Waals surface area (Å²) in [6.07, 6.45) is 1.70. The average molecular weight is 433 g/mol. The molecule has 27 heavy (non-hydrogen) atoms. The largest absolute Gasteiger partial charge is 0.493 e. The van der Waals surface area contributed by atoms with Crippen molar-refractivity contribution in [3.8, 4) is 11.5 Å². The maximum absolute atomic E-state index is 12.8. The maximum Gasteiger partial charge on any atom is 0.255 e. The van der Waals surface area contributed by atoms with Gasteiger partial charge in [-0.3, -0.25) is 9.59 Å². The first-order chi connectivity index (χ1) is 12.9. The van der Waals surface area contributed by atoms with E-state index in [1.165, 1.54) is 7.11 Å². The van der Waals surface area contributed by atoms with Crippen molar-refractivity contribution in [1.29, 1.82) is 0 Å². The molecule has 0 atom stereocenters. The lowest BCUT2D eigenvalue weighted by Crippen LogP contribution is -2.34. The summed E-state index contributed by atoms with van der Waals surface area (Å²) in [5, 5.41) is 3.01. The third-order valence-electron chi connectivity index (χ3n) is 4.63. The summed E-state index contributed by atoms with van der Waals surface area (Å²) in [5.74, 6) is 0.380. The van der Waals surface area contributed by atoms with E-state index in [-0.39, 0.29) is 12.5 Å². The van der Waals surface area contributed by atoms with Gasteiger partial charge in [0.25, 0.3) is 5.91 Å². The normalized spacial score (nSPS) is 14.3. The van der Waals surface area contributed by atoms with E-state index < -0.39 is 11.3 Å². The summed E-state index contributed by atoms with van der Waals surface area (Å²) in [7, 11) is 1.52. The molecule has 0 bridgehead atoms. The molecular formula is C20H21BrN2O4. The molecule has 0 saturated heterocycles. The Morgan fingerprint density at radius 3 is 2.44 bits per heavy atom. The van der Waals surface area contributed by atoms with Crippen LogP contribution in [0.2, 0.25) is 0 Å². The minimum atomic E-state index is -0.559. The fourth-order valence-corrected chi connectivity index (χ4v) is 3.25. The van der Waals surface area contributed by atoms with Crippen molar-refractivity contribution in [2.45, 2.75) is 24.8 Å². The fourth-order valence-electron chi connectivity index (χ4n) is 2.98. The van der Waals surface area contributed by atoms with Crippen LogP contribution in [-0.4, -0.2) is 25.5 Å². The van der Waals surface area contributed by atoms with E-state index in [0.717, 1.165) is 28.4 Å². The number of nitrogens with two attached hydrogens (primary N) is 1. The highest BCUT2D eigenvalue weighted by atomic mass is 79.9. The third kappa shape index (κ3) is 4.42. The summed E-state index contributed by atoms with van der Waals surface area (Å²) < 4.78 is 11.6. The first kappa shape index (κ1) is 19.2. The standard InChI is InChI=1S/C20H21BrN2O4/c1-26-17-10-13(2-7-16(17)27-12-18(22)24)11-23-19(25)20(8-9-20)14-3-5-15(21)6-4-14/h2-7,10H,8-9,11-12H2,1H3,(H2,22,24)(H,23,25). The van der Waals surface area contributed by atoms with E-state index in [9.17, 15) is 9.59 Å². The van der Waals surface area contributed by atoms with Crippen molar-refractivity contribution < 1.29 is 19.1 Å². The van der Waals surface area contributed by atoms with E-state index in [1.54, 1.807) is 12.1 Å². The van der Waals surface area contributed by atoms with Crippen LogP contribution < -0.4 is 20.5 Å². The Bertz CT molecular complexity index is 848. The van der Waals surface area contributed by atoms with Crippen molar-refractivity contribution in [2.75, 3.05) is 13.7 Å². The van der Waals surface area contributed by atoms with Gasteiger partial charge in [0.1, 0.15) is 0 Å². The van der Waals surface area contributed by atoms with Crippen LogP contribution in [0, 0.1) is 0 Å². The summed E-state index contributed by atoms with van der Waals surface area (Å²) >= 11 is 3.42. The van der Waals surface area contributed by atoms with Gasteiger partial charge in [-0.2, -0.15) is 0 Å². The maximum atomic E-state index is 12.8. The number of hydrogen-bond acceptors (Lipinski definition) is 4. The number of carbonyl (C=O) groups is 2. The van der Waals surface area contributed by atoms with Gasteiger partial charge in [0.05, 0.1) is 12.5 Å². The Labute approximate surface area is 166 Å². The molecule has 3 N–H and O–H groups in total. The molecule has 0 radical (unpaired) electrons. The van der Waals surface area contributed by atoms with Gasteiger partial charge in [-0.1, -0.05) is 34.1 Å². The number of carbonyl (C=O) groups excluding carboxylic acids is 2. The smallest absolute Gasteiger partial charge is 0.255 e. The first-order valence-corrected chi connectivity index (χ1v) is 9.36. The van der Waals surface area contributed by atoms with E-state index in [2.05, 4.69) is 21.2 Å². The number of rotatable bonds is 8. The zero-order valence-electron chi connectivity index (χ0n) is 15.0. The average Bonchev–Trinajstić information content (AvgIpc) is 3.47. The van der Waals surface area contributed by atoms with Gasteiger partial charge in [0.2, 0.25) is 5.91 Å². The molecule has 0 spiro atoms. The second-order valence-electron chi connectivity index (χ2n) is 6.51. The predicted octanol–water partition coefficient (Wildman–Crippen LogP) is 2.67. The topological polar surface area (TPSA) is 90.7 Å². The minimum Gasteiger partial charge on any atom is -0.493 e. The van der Waals surface area contributed by atoms with E-state index in [1.807, 2.05) is 30.3 Å². The molecule has 0 aliphatic heterocycles. The highest BCUT2D eigenvalue weighted by Crippen LogP contribution is 2.48. The van der Waals surface area contributed by atoms with Crippen LogP contribution >= 0.6 is 15.9 Å². The van der Waals surface area contributed by atoms with Gasteiger partial charge in [0.15, 0.2) is 18.1 Å². The summed E-state index contributed by atoms with van der Waals surface area (Å²) in [5.41, 5.74) is 6.58. The molecular weight excluding hydrogens is 412 g/mol. The van der Waals surface area contributed by atoms with Crippen LogP contribution in [0.4, 0.5) is 0 Å². The lowest BCUT2D eigenvalue weighted by Gasteiger charge is -2.17. The molecule has 2 amide bonds. The van der Waals surface area contributed by atoms with Crippen molar-refractivity contribution in [3.05, 3.63) is 58.1 Å². The third-order valence-corrected chi connectivity index (χ3v) is 5.16. The van der Waals surface area contributed by atoms with Crippen LogP contribution in [0.3, 0.4) is 0 Å². The molecule has 1 fully saturated rings. The van der Waals surface area contributed by atoms with Crippen LogP contribution in [0.5, 0.6) is 11.5 Å². The Morgan fingerprint density at radius 2 is 1.85 bits per heavy atom. The predicted molar refractivity (Wildman–Crippen MR) is 105 cm³/mol. The molecule has 1 saturated carbocycles. The lowest BCUT2D eigenvalue weighted by atomic mass is 9.95. The number of hydrogen-bond donors (Lipinski definition) is 2. The number of ether oxygens (including phenoxy) is 2. The summed E-state index contributed by atoms with van der Waals surface area (Å²) in [4.78, 5) is 23.6. The molecule has 1 aliphatic carbocycles. The second-order valence-corrected chi connectivity index (χ2v) is 7.43. The highest BCUT2D eigenvalue weighted by Gasteiger charge is 2.51. The van der Waals surface area contributed by atoms with Crippen molar-refractivity contribution in [1.82, 2.24) is 5.32 Å². The number of amides is 2. The van der Waals surface area contributed by atoms with Gasteiger partial charge in [-0.05, 0) is 48.2 Å². The molecule has 1 aliphatic rings.